The molecule has 0 bridgehead atoms. The normalized spacial score (nSPS) is 17.4. The van der Waals surface area contributed by atoms with E-state index in [2.05, 4.69) is 36.6 Å². The molecule has 2 aromatic rings. The zero-order valence-corrected chi connectivity index (χ0v) is 16.6. The van der Waals surface area contributed by atoms with Crippen LogP contribution in [0.3, 0.4) is 0 Å². The fourth-order valence-corrected chi connectivity index (χ4v) is 3.93. The molecule has 1 aromatic heterocycles. The summed E-state index contributed by atoms with van der Waals surface area (Å²) in [6.07, 6.45) is 5.63. The van der Waals surface area contributed by atoms with Crippen LogP contribution in [0.4, 0.5) is 0 Å². The summed E-state index contributed by atoms with van der Waals surface area (Å²) in [5.74, 6) is 0.543. The van der Waals surface area contributed by atoms with Gasteiger partial charge >= 0.3 is 0 Å². The molecule has 0 N–H and O–H groups in total. The van der Waals surface area contributed by atoms with Gasteiger partial charge < -0.3 is 14.4 Å². The van der Waals surface area contributed by atoms with E-state index in [9.17, 15) is 9.59 Å². The van der Waals surface area contributed by atoms with E-state index in [1.807, 2.05) is 34.1 Å². The summed E-state index contributed by atoms with van der Waals surface area (Å²) in [5.41, 5.74) is 4.44. The van der Waals surface area contributed by atoms with Gasteiger partial charge in [0.05, 0.1) is 0 Å². The molecule has 2 fully saturated rings. The van der Waals surface area contributed by atoms with E-state index in [0.29, 0.717) is 26.2 Å². The summed E-state index contributed by atoms with van der Waals surface area (Å²) < 4.78 is 2.20. The Kier molecular flexibility index (Phi) is 5.07. The molecule has 0 spiro atoms. The number of rotatable bonds is 4. The van der Waals surface area contributed by atoms with E-state index in [4.69, 9.17) is 0 Å². The zero-order chi connectivity index (χ0) is 19.7. The second-order valence-corrected chi connectivity index (χ2v) is 7.76. The van der Waals surface area contributed by atoms with Crippen molar-refractivity contribution in [3.63, 3.8) is 0 Å². The zero-order valence-electron chi connectivity index (χ0n) is 16.6. The average Bonchev–Trinajstić information content (AvgIpc) is 3.52. The van der Waals surface area contributed by atoms with Crippen molar-refractivity contribution < 1.29 is 9.59 Å². The molecular weight excluding hydrogens is 350 g/mol. The summed E-state index contributed by atoms with van der Waals surface area (Å²) in [6.45, 7) is 6.69. The summed E-state index contributed by atoms with van der Waals surface area (Å²) in [4.78, 5) is 28.5. The number of aryl methyl sites for hydroxylation is 1. The van der Waals surface area contributed by atoms with E-state index >= 15 is 0 Å². The number of carbonyl (C=O) groups excluding carboxylic acids is 2. The molecule has 2 aliphatic rings. The van der Waals surface area contributed by atoms with Crippen molar-refractivity contribution in [3.8, 4) is 5.69 Å². The number of hydrogen-bond donors (Lipinski definition) is 0. The molecule has 5 heteroatoms. The first kappa shape index (κ1) is 18.5. The fourth-order valence-electron chi connectivity index (χ4n) is 3.93. The Morgan fingerprint density at radius 2 is 1.61 bits per heavy atom. The maximum absolute atomic E-state index is 12.6. The highest BCUT2D eigenvalue weighted by Gasteiger charge is 2.34. The molecule has 28 heavy (non-hydrogen) atoms. The number of amides is 2. The Balaban J connectivity index is 1.41. The summed E-state index contributed by atoms with van der Waals surface area (Å²) >= 11 is 0. The van der Waals surface area contributed by atoms with Gasteiger partial charge in [-0.1, -0.05) is 18.2 Å². The molecule has 2 heterocycles. The van der Waals surface area contributed by atoms with E-state index < -0.39 is 0 Å². The number of hydrogen-bond acceptors (Lipinski definition) is 2. The van der Waals surface area contributed by atoms with Crippen LogP contribution in [0.1, 0.15) is 29.8 Å². The fraction of sp³-hybridized carbons (Fsp3) is 0.391. The van der Waals surface area contributed by atoms with Crippen LogP contribution in [0, 0.1) is 19.8 Å². The van der Waals surface area contributed by atoms with Gasteiger partial charge in [-0.2, -0.15) is 0 Å². The average molecular weight is 377 g/mol. The van der Waals surface area contributed by atoms with Gasteiger partial charge in [-0.3, -0.25) is 9.59 Å². The maximum Gasteiger partial charge on any atom is 0.246 e. The van der Waals surface area contributed by atoms with Gasteiger partial charge in [-0.25, -0.2) is 0 Å². The van der Waals surface area contributed by atoms with E-state index in [0.717, 1.165) is 35.5 Å². The molecule has 146 valence electrons. The lowest BCUT2D eigenvalue weighted by atomic mass is 10.2. The predicted molar refractivity (Wildman–Crippen MR) is 110 cm³/mol. The third-order valence-corrected chi connectivity index (χ3v) is 5.72. The van der Waals surface area contributed by atoms with Crippen LogP contribution in [0.5, 0.6) is 0 Å². The Morgan fingerprint density at radius 3 is 2.25 bits per heavy atom. The van der Waals surface area contributed by atoms with E-state index in [1.165, 1.54) is 0 Å². The summed E-state index contributed by atoms with van der Waals surface area (Å²) in [5, 5.41) is 0. The molecule has 1 saturated heterocycles. The number of nitrogens with zero attached hydrogens (tertiary/aromatic N) is 3. The smallest absolute Gasteiger partial charge is 0.246 e. The topological polar surface area (TPSA) is 45.6 Å². The Morgan fingerprint density at radius 1 is 0.964 bits per heavy atom. The van der Waals surface area contributed by atoms with Crippen LogP contribution in [-0.2, 0) is 9.59 Å². The van der Waals surface area contributed by atoms with Gasteiger partial charge in [0.2, 0.25) is 11.8 Å². The lowest BCUT2D eigenvalue weighted by Crippen LogP contribution is -2.50. The SMILES string of the molecule is Cc1cc(C=CC(=O)N2CCN(C(=O)C3CC3)CC2)c(C)n1-c1ccccc1. The van der Waals surface area contributed by atoms with Crippen molar-refractivity contribution in [2.75, 3.05) is 26.2 Å². The Hall–Kier alpha value is -2.82. The summed E-state index contributed by atoms with van der Waals surface area (Å²) in [6, 6.07) is 12.3. The molecule has 2 amide bonds. The second kappa shape index (κ2) is 7.66. The van der Waals surface area contributed by atoms with Crippen molar-refractivity contribution in [2.24, 2.45) is 5.92 Å². The molecule has 5 nitrogen and oxygen atoms in total. The first-order chi connectivity index (χ1) is 13.5. The highest BCUT2D eigenvalue weighted by Crippen LogP contribution is 2.31. The lowest BCUT2D eigenvalue weighted by Gasteiger charge is -2.34. The van der Waals surface area contributed by atoms with Gasteiger partial charge in [0, 0.05) is 55.2 Å². The molecule has 1 saturated carbocycles. The first-order valence-corrected chi connectivity index (χ1v) is 10.0. The van der Waals surface area contributed by atoms with Gasteiger partial charge in [0.1, 0.15) is 0 Å². The minimum absolute atomic E-state index is 0.0167. The number of para-hydroxylation sites is 1. The highest BCUT2D eigenvalue weighted by molar-refractivity contribution is 5.92. The standard InChI is InChI=1S/C23H27N3O2/c1-17-16-20(18(2)26(17)21-6-4-3-5-7-21)10-11-22(27)24-12-14-25(15-13-24)23(28)19-8-9-19/h3-7,10-11,16,19H,8-9,12-15H2,1-2H3. The van der Waals surface area contributed by atoms with Crippen LogP contribution < -0.4 is 0 Å². The van der Waals surface area contributed by atoms with Crippen LogP contribution in [-0.4, -0.2) is 52.4 Å². The van der Waals surface area contributed by atoms with E-state index in [1.54, 1.807) is 6.08 Å². The first-order valence-electron chi connectivity index (χ1n) is 10.0. The monoisotopic (exact) mass is 377 g/mol. The molecule has 1 aliphatic carbocycles. The summed E-state index contributed by atoms with van der Waals surface area (Å²) in [7, 11) is 0. The molecule has 4 rings (SSSR count). The second-order valence-electron chi connectivity index (χ2n) is 7.76. The number of piperazine rings is 1. The number of carbonyl (C=O) groups is 2. The quantitative estimate of drug-likeness (QED) is 0.768. The Labute approximate surface area is 166 Å². The van der Waals surface area contributed by atoms with Crippen LogP contribution in [0.2, 0.25) is 0 Å². The van der Waals surface area contributed by atoms with Gasteiger partial charge in [-0.05, 0) is 56.5 Å². The largest absolute Gasteiger partial charge is 0.339 e. The van der Waals surface area contributed by atoms with E-state index in [-0.39, 0.29) is 17.7 Å². The third kappa shape index (κ3) is 3.75. The Bertz CT molecular complexity index is 901. The van der Waals surface area contributed by atoms with Gasteiger partial charge in [-0.15, -0.1) is 0 Å². The minimum atomic E-state index is 0.0167. The minimum Gasteiger partial charge on any atom is -0.339 e. The highest BCUT2D eigenvalue weighted by atomic mass is 16.2. The van der Waals surface area contributed by atoms with Crippen molar-refractivity contribution in [1.29, 1.82) is 0 Å². The number of aromatic nitrogens is 1. The van der Waals surface area contributed by atoms with Gasteiger partial charge in [0.15, 0.2) is 0 Å². The molecule has 1 aliphatic heterocycles. The predicted octanol–water partition coefficient (Wildman–Crippen LogP) is 3.19. The van der Waals surface area contributed by atoms with Crippen molar-refractivity contribution in [1.82, 2.24) is 14.4 Å². The van der Waals surface area contributed by atoms with Crippen LogP contribution in [0.25, 0.3) is 11.8 Å². The van der Waals surface area contributed by atoms with Gasteiger partial charge in [0.25, 0.3) is 0 Å². The number of benzene rings is 1. The maximum atomic E-state index is 12.6. The molecule has 0 radical (unpaired) electrons. The van der Waals surface area contributed by atoms with Crippen molar-refractivity contribution in [2.45, 2.75) is 26.7 Å². The van der Waals surface area contributed by atoms with Crippen molar-refractivity contribution in [3.05, 3.63) is 59.4 Å². The molecule has 0 atom stereocenters. The molecular formula is C23H27N3O2. The third-order valence-electron chi connectivity index (χ3n) is 5.72. The lowest BCUT2D eigenvalue weighted by molar-refractivity contribution is -0.138. The van der Waals surface area contributed by atoms with Crippen LogP contribution in [0.15, 0.2) is 42.5 Å². The van der Waals surface area contributed by atoms with Crippen molar-refractivity contribution >= 4 is 17.9 Å². The van der Waals surface area contributed by atoms with Crippen LogP contribution >= 0.6 is 0 Å². The molecule has 1 aromatic carbocycles. The molecule has 0 unspecified atom stereocenters.